The summed E-state index contributed by atoms with van der Waals surface area (Å²) in [6, 6.07) is 1.70. The average Bonchev–Trinajstić information content (AvgIpc) is 2.29. The van der Waals surface area contributed by atoms with E-state index in [0.717, 1.165) is 0 Å². The Kier molecular flexibility index (Phi) is 5.90. The smallest absolute Gasteiger partial charge is 0.225 e. The van der Waals surface area contributed by atoms with Gasteiger partial charge in [0.25, 0.3) is 0 Å². The molecule has 0 aliphatic heterocycles. The third-order valence-electron chi connectivity index (χ3n) is 2.00. The minimum Gasteiger partial charge on any atom is -0.475 e. The van der Waals surface area contributed by atoms with Gasteiger partial charge in [-0.2, -0.15) is 4.98 Å². The molecule has 1 heterocycles. The third-order valence-corrected chi connectivity index (χ3v) is 2.00. The molecule has 0 aliphatic rings. The minimum absolute atomic E-state index is 0.0135. The first-order valence-electron chi connectivity index (χ1n) is 6.12. The molecule has 2 N–H and O–H groups in total. The van der Waals surface area contributed by atoms with Crippen LogP contribution in [0.2, 0.25) is 0 Å². The molecule has 1 aromatic rings. The van der Waals surface area contributed by atoms with Crippen molar-refractivity contribution in [2.75, 3.05) is 18.4 Å². The van der Waals surface area contributed by atoms with Crippen LogP contribution in [0.3, 0.4) is 0 Å². The Morgan fingerprint density at radius 3 is 2.94 bits per heavy atom. The van der Waals surface area contributed by atoms with E-state index < -0.39 is 0 Å². The number of aromatic nitrogens is 2. The molecule has 0 unspecified atom stereocenters. The van der Waals surface area contributed by atoms with E-state index in [2.05, 4.69) is 20.6 Å². The molecule has 1 rings (SSSR count). The van der Waals surface area contributed by atoms with Gasteiger partial charge in [-0.15, -0.1) is 0 Å². The standard InChI is InChI=1S/C12H20N4O2/c1-4-13-10(17)5-7-14-12-15-8-6-11(16-12)18-9(2)3/h6,8-9H,4-5,7H2,1-3H3,(H,13,17)(H,14,15,16). The summed E-state index contributed by atoms with van der Waals surface area (Å²) in [7, 11) is 0. The van der Waals surface area contributed by atoms with Crippen molar-refractivity contribution in [2.45, 2.75) is 33.3 Å². The van der Waals surface area contributed by atoms with Gasteiger partial charge in [0.1, 0.15) is 0 Å². The summed E-state index contributed by atoms with van der Waals surface area (Å²) in [6.45, 7) is 6.90. The van der Waals surface area contributed by atoms with Gasteiger partial charge in [-0.1, -0.05) is 0 Å². The highest BCUT2D eigenvalue weighted by molar-refractivity contribution is 5.76. The van der Waals surface area contributed by atoms with Crippen LogP contribution in [-0.2, 0) is 4.79 Å². The lowest BCUT2D eigenvalue weighted by Gasteiger charge is -2.09. The summed E-state index contributed by atoms with van der Waals surface area (Å²) >= 11 is 0. The number of amides is 1. The zero-order valence-electron chi connectivity index (χ0n) is 11.1. The molecule has 0 fully saturated rings. The molecule has 0 aromatic carbocycles. The van der Waals surface area contributed by atoms with E-state index in [-0.39, 0.29) is 12.0 Å². The van der Waals surface area contributed by atoms with E-state index in [1.54, 1.807) is 12.3 Å². The maximum absolute atomic E-state index is 11.2. The van der Waals surface area contributed by atoms with Crippen molar-refractivity contribution in [3.63, 3.8) is 0 Å². The number of nitrogens with one attached hydrogen (secondary N) is 2. The Bertz CT molecular complexity index is 382. The highest BCUT2D eigenvalue weighted by Crippen LogP contribution is 2.09. The first kappa shape index (κ1) is 14.2. The van der Waals surface area contributed by atoms with Crippen LogP contribution in [0.25, 0.3) is 0 Å². The summed E-state index contributed by atoms with van der Waals surface area (Å²) in [6.07, 6.45) is 2.09. The first-order chi connectivity index (χ1) is 8.61. The molecular formula is C12H20N4O2. The van der Waals surface area contributed by atoms with Crippen LogP contribution in [0.15, 0.2) is 12.3 Å². The molecule has 0 spiro atoms. The van der Waals surface area contributed by atoms with Gasteiger partial charge in [-0.3, -0.25) is 4.79 Å². The van der Waals surface area contributed by atoms with Crippen molar-refractivity contribution >= 4 is 11.9 Å². The van der Waals surface area contributed by atoms with Crippen molar-refractivity contribution in [1.82, 2.24) is 15.3 Å². The zero-order valence-corrected chi connectivity index (χ0v) is 11.1. The van der Waals surface area contributed by atoms with Crippen LogP contribution < -0.4 is 15.4 Å². The second-order valence-electron chi connectivity index (χ2n) is 4.02. The molecule has 0 saturated carbocycles. The Hall–Kier alpha value is -1.85. The Balaban J connectivity index is 2.40. The number of hydrogen-bond acceptors (Lipinski definition) is 5. The fraction of sp³-hybridized carbons (Fsp3) is 0.583. The molecule has 1 aromatic heterocycles. The normalized spacial score (nSPS) is 10.2. The lowest BCUT2D eigenvalue weighted by molar-refractivity contribution is -0.120. The fourth-order valence-electron chi connectivity index (χ4n) is 1.31. The minimum atomic E-state index is 0.0135. The SMILES string of the molecule is CCNC(=O)CCNc1nccc(OC(C)C)n1. The van der Waals surface area contributed by atoms with Gasteiger partial charge in [0.15, 0.2) is 0 Å². The molecule has 0 radical (unpaired) electrons. The van der Waals surface area contributed by atoms with Gasteiger partial charge in [-0.25, -0.2) is 4.98 Å². The molecule has 0 saturated heterocycles. The number of hydrogen-bond donors (Lipinski definition) is 2. The Morgan fingerprint density at radius 1 is 1.50 bits per heavy atom. The van der Waals surface area contributed by atoms with Crippen LogP contribution in [0.5, 0.6) is 5.88 Å². The van der Waals surface area contributed by atoms with E-state index >= 15 is 0 Å². The van der Waals surface area contributed by atoms with E-state index in [1.807, 2.05) is 20.8 Å². The molecule has 0 aliphatic carbocycles. The Morgan fingerprint density at radius 2 is 2.28 bits per heavy atom. The van der Waals surface area contributed by atoms with Crippen LogP contribution in [0, 0.1) is 0 Å². The van der Waals surface area contributed by atoms with Crippen LogP contribution in [0.1, 0.15) is 27.2 Å². The predicted octanol–water partition coefficient (Wildman–Crippen LogP) is 1.20. The van der Waals surface area contributed by atoms with Crippen molar-refractivity contribution in [1.29, 1.82) is 0 Å². The van der Waals surface area contributed by atoms with Gasteiger partial charge in [-0.05, 0) is 20.8 Å². The van der Waals surface area contributed by atoms with Gasteiger partial charge in [0.2, 0.25) is 17.7 Å². The van der Waals surface area contributed by atoms with Gasteiger partial charge < -0.3 is 15.4 Å². The molecule has 0 bridgehead atoms. The largest absolute Gasteiger partial charge is 0.475 e. The number of rotatable bonds is 7. The molecule has 6 heteroatoms. The van der Waals surface area contributed by atoms with Crippen molar-refractivity contribution in [2.24, 2.45) is 0 Å². The molecular weight excluding hydrogens is 232 g/mol. The van der Waals surface area contributed by atoms with E-state index in [0.29, 0.717) is 31.3 Å². The van der Waals surface area contributed by atoms with Crippen LogP contribution >= 0.6 is 0 Å². The average molecular weight is 252 g/mol. The zero-order chi connectivity index (χ0) is 13.4. The number of carbonyl (C=O) groups is 1. The molecule has 18 heavy (non-hydrogen) atoms. The van der Waals surface area contributed by atoms with Gasteiger partial charge in [0, 0.05) is 31.8 Å². The topological polar surface area (TPSA) is 76.1 Å². The van der Waals surface area contributed by atoms with Gasteiger partial charge in [0.05, 0.1) is 6.10 Å². The lowest BCUT2D eigenvalue weighted by Crippen LogP contribution is -2.25. The molecule has 100 valence electrons. The number of carbonyl (C=O) groups excluding carboxylic acids is 1. The quantitative estimate of drug-likeness (QED) is 0.762. The monoisotopic (exact) mass is 252 g/mol. The van der Waals surface area contributed by atoms with E-state index in [1.165, 1.54) is 0 Å². The lowest BCUT2D eigenvalue weighted by atomic mass is 10.4. The number of anilines is 1. The number of nitrogens with zero attached hydrogens (tertiary/aromatic N) is 2. The third kappa shape index (κ3) is 5.47. The highest BCUT2D eigenvalue weighted by atomic mass is 16.5. The van der Waals surface area contributed by atoms with Crippen molar-refractivity contribution < 1.29 is 9.53 Å². The summed E-state index contributed by atoms with van der Waals surface area (Å²) in [4.78, 5) is 19.5. The summed E-state index contributed by atoms with van der Waals surface area (Å²) in [5.74, 6) is 1.01. The van der Waals surface area contributed by atoms with E-state index in [4.69, 9.17) is 4.74 Å². The maximum Gasteiger partial charge on any atom is 0.225 e. The predicted molar refractivity (Wildman–Crippen MR) is 69.6 cm³/mol. The maximum atomic E-state index is 11.2. The molecule has 6 nitrogen and oxygen atoms in total. The second kappa shape index (κ2) is 7.47. The second-order valence-corrected chi connectivity index (χ2v) is 4.02. The van der Waals surface area contributed by atoms with Gasteiger partial charge >= 0.3 is 0 Å². The molecule has 1 amide bonds. The summed E-state index contributed by atoms with van der Waals surface area (Å²) < 4.78 is 5.45. The summed E-state index contributed by atoms with van der Waals surface area (Å²) in [5.41, 5.74) is 0. The highest BCUT2D eigenvalue weighted by Gasteiger charge is 2.03. The van der Waals surface area contributed by atoms with Crippen LogP contribution in [0.4, 0.5) is 5.95 Å². The summed E-state index contributed by atoms with van der Waals surface area (Å²) in [5, 5.41) is 5.71. The van der Waals surface area contributed by atoms with Crippen molar-refractivity contribution in [3.8, 4) is 5.88 Å². The van der Waals surface area contributed by atoms with Crippen LogP contribution in [-0.4, -0.2) is 35.1 Å². The Labute approximate surface area is 107 Å². The first-order valence-corrected chi connectivity index (χ1v) is 6.12. The fourth-order valence-corrected chi connectivity index (χ4v) is 1.31. The number of ether oxygens (including phenoxy) is 1. The van der Waals surface area contributed by atoms with Crippen molar-refractivity contribution in [3.05, 3.63) is 12.3 Å². The van der Waals surface area contributed by atoms with E-state index in [9.17, 15) is 4.79 Å². The molecule has 0 atom stereocenters.